The summed E-state index contributed by atoms with van der Waals surface area (Å²) in [6.07, 6.45) is 5.37. The van der Waals surface area contributed by atoms with Crippen molar-refractivity contribution in [1.29, 1.82) is 0 Å². The van der Waals surface area contributed by atoms with Crippen LogP contribution in [0.2, 0.25) is 0 Å². The Morgan fingerprint density at radius 2 is 1.72 bits per heavy atom. The van der Waals surface area contributed by atoms with Gasteiger partial charge in [0.25, 0.3) is 0 Å². The lowest BCUT2D eigenvalue weighted by Crippen LogP contribution is -2.24. The average Bonchev–Trinajstić information content (AvgIpc) is 2.77. The van der Waals surface area contributed by atoms with Gasteiger partial charge >= 0.3 is 0 Å². The second kappa shape index (κ2) is 5.12. The summed E-state index contributed by atoms with van der Waals surface area (Å²) in [7, 11) is 1.90. The van der Waals surface area contributed by atoms with Gasteiger partial charge < -0.3 is 10.6 Å². The lowest BCUT2D eigenvalue weighted by atomic mass is 9.89. The van der Waals surface area contributed by atoms with Crippen molar-refractivity contribution in [2.24, 2.45) is 5.41 Å². The molecule has 2 rings (SSSR count). The minimum atomic E-state index is 0.436. The number of hydrogen-bond donors (Lipinski definition) is 2. The van der Waals surface area contributed by atoms with Gasteiger partial charge in [-0.15, -0.1) is 0 Å². The fraction of sp³-hybridized carbons (Fsp3) is 0.714. The molecule has 1 aromatic rings. The molecule has 4 nitrogen and oxygen atoms in total. The number of nitrogens with one attached hydrogen (secondary N) is 2. The van der Waals surface area contributed by atoms with Gasteiger partial charge in [-0.05, 0) is 32.1 Å². The predicted octanol–water partition coefficient (Wildman–Crippen LogP) is 3.13. The highest BCUT2D eigenvalue weighted by Crippen LogP contribution is 2.37. The molecule has 1 saturated carbocycles. The molecule has 1 aromatic heterocycles. The maximum atomic E-state index is 4.51. The van der Waals surface area contributed by atoms with E-state index in [1.165, 1.54) is 25.7 Å². The molecule has 0 spiro atoms. The highest BCUT2D eigenvalue weighted by Gasteiger charge is 2.28. The van der Waals surface area contributed by atoms with Crippen molar-refractivity contribution < 1.29 is 0 Å². The Hall–Kier alpha value is -1.32. The molecule has 4 heteroatoms. The summed E-state index contributed by atoms with van der Waals surface area (Å²) < 4.78 is 0. The lowest BCUT2D eigenvalue weighted by molar-refractivity contribution is 0.361. The van der Waals surface area contributed by atoms with Crippen molar-refractivity contribution in [3.8, 4) is 0 Å². The fourth-order valence-corrected chi connectivity index (χ4v) is 2.75. The molecule has 0 radical (unpaired) electrons. The number of nitrogens with zero attached hydrogens (tertiary/aromatic N) is 2. The van der Waals surface area contributed by atoms with Crippen LogP contribution in [0.25, 0.3) is 0 Å². The summed E-state index contributed by atoms with van der Waals surface area (Å²) in [6.45, 7) is 7.37. The smallest absolute Gasteiger partial charge is 0.134 e. The molecule has 2 N–H and O–H groups in total. The van der Waals surface area contributed by atoms with Gasteiger partial charge in [0.2, 0.25) is 0 Å². The molecule has 0 aliphatic heterocycles. The van der Waals surface area contributed by atoms with E-state index in [-0.39, 0.29) is 0 Å². The van der Waals surface area contributed by atoms with E-state index in [1.54, 1.807) is 0 Å². The maximum absolute atomic E-state index is 4.51. The summed E-state index contributed by atoms with van der Waals surface area (Å²) >= 11 is 0. The first-order chi connectivity index (χ1) is 8.54. The quantitative estimate of drug-likeness (QED) is 0.859. The second-order valence-electron chi connectivity index (χ2n) is 5.71. The van der Waals surface area contributed by atoms with E-state index in [0.717, 1.165) is 29.6 Å². The van der Waals surface area contributed by atoms with E-state index in [9.17, 15) is 0 Å². The van der Waals surface area contributed by atoms with E-state index in [2.05, 4.69) is 34.4 Å². The third-order valence-electron chi connectivity index (χ3n) is 3.99. The molecule has 1 heterocycles. The van der Waals surface area contributed by atoms with Gasteiger partial charge in [-0.25, -0.2) is 9.97 Å². The zero-order chi connectivity index (χ0) is 13.2. The van der Waals surface area contributed by atoms with Crippen LogP contribution in [0.4, 0.5) is 11.6 Å². The molecule has 100 valence electrons. The second-order valence-corrected chi connectivity index (χ2v) is 5.71. The number of rotatable bonds is 4. The minimum Gasteiger partial charge on any atom is -0.373 e. The first-order valence-corrected chi connectivity index (χ1v) is 6.81. The lowest BCUT2D eigenvalue weighted by Gasteiger charge is -2.25. The fourth-order valence-electron chi connectivity index (χ4n) is 2.75. The summed E-state index contributed by atoms with van der Waals surface area (Å²) in [5.41, 5.74) is 1.54. The topological polar surface area (TPSA) is 49.8 Å². The Bertz CT molecular complexity index is 422. The Morgan fingerprint density at radius 3 is 2.33 bits per heavy atom. The van der Waals surface area contributed by atoms with E-state index < -0.39 is 0 Å². The van der Waals surface area contributed by atoms with Crippen LogP contribution in [0.3, 0.4) is 0 Å². The van der Waals surface area contributed by atoms with E-state index in [1.807, 2.05) is 14.0 Å². The van der Waals surface area contributed by atoms with Crippen molar-refractivity contribution in [1.82, 2.24) is 9.97 Å². The van der Waals surface area contributed by atoms with E-state index in [0.29, 0.717) is 5.41 Å². The van der Waals surface area contributed by atoms with Crippen LogP contribution in [0.1, 0.15) is 44.0 Å². The van der Waals surface area contributed by atoms with E-state index >= 15 is 0 Å². The van der Waals surface area contributed by atoms with Crippen LogP contribution >= 0.6 is 0 Å². The van der Waals surface area contributed by atoms with Gasteiger partial charge in [-0.2, -0.15) is 0 Å². The zero-order valence-electron chi connectivity index (χ0n) is 11.9. The molecular weight excluding hydrogens is 224 g/mol. The molecular formula is C14H24N4. The molecule has 1 aliphatic rings. The van der Waals surface area contributed by atoms with Crippen molar-refractivity contribution >= 4 is 11.6 Å². The van der Waals surface area contributed by atoms with Gasteiger partial charge in [0.1, 0.15) is 17.5 Å². The van der Waals surface area contributed by atoms with Crippen LogP contribution in [0, 0.1) is 19.3 Å². The van der Waals surface area contributed by atoms with Crippen LogP contribution in [0.5, 0.6) is 0 Å². The normalized spacial score (nSPS) is 17.8. The number of hydrogen-bond acceptors (Lipinski definition) is 4. The van der Waals surface area contributed by atoms with Gasteiger partial charge in [0.15, 0.2) is 0 Å². The molecule has 18 heavy (non-hydrogen) atoms. The van der Waals surface area contributed by atoms with Crippen LogP contribution in [-0.2, 0) is 0 Å². The molecule has 1 aliphatic carbocycles. The first-order valence-electron chi connectivity index (χ1n) is 6.81. The van der Waals surface area contributed by atoms with Gasteiger partial charge in [0, 0.05) is 19.2 Å². The molecule has 0 aromatic carbocycles. The maximum Gasteiger partial charge on any atom is 0.134 e. The van der Waals surface area contributed by atoms with Crippen LogP contribution in [0.15, 0.2) is 0 Å². The predicted molar refractivity (Wildman–Crippen MR) is 76.1 cm³/mol. The van der Waals surface area contributed by atoms with E-state index in [4.69, 9.17) is 0 Å². The summed E-state index contributed by atoms with van der Waals surface area (Å²) in [5.74, 6) is 2.70. The Balaban J connectivity index is 2.11. The minimum absolute atomic E-state index is 0.436. The van der Waals surface area contributed by atoms with Crippen molar-refractivity contribution in [3.63, 3.8) is 0 Å². The number of aryl methyl sites for hydroxylation is 1. The highest BCUT2D eigenvalue weighted by atomic mass is 15.1. The Labute approximate surface area is 110 Å². The summed E-state index contributed by atoms with van der Waals surface area (Å²) in [6, 6.07) is 0. The monoisotopic (exact) mass is 248 g/mol. The molecule has 0 amide bonds. The largest absolute Gasteiger partial charge is 0.373 e. The van der Waals surface area contributed by atoms with Crippen LogP contribution < -0.4 is 10.6 Å². The molecule has 0 unspecified atom stereocenters. The highest BCUT2D eigenvalue weighted by molar-refractivity contribution is 5.56. The summed E-state index contributed by atoms with van der Waals surface area (Å²) in [5, 5.41) is 6.64. The van der Waals surface area contributed by atoms with Crippen molar-refractivity contribution in [2.45, 2.75) is 46.5 Å². The van der Waals surface area contributed by atoms with Crippen LogP contribution in [-0.4, -0.2) is 23.6 Å². The average molecular weight is 248 g/mol. The Kier molecular flexibility index (Phi) is 3.73. The molecule has 0 saturated heterocycles. The van der Waals surface area contributed by atoms with Crippen molar-refractivity contribution in [3.05, 3.63) is 11.4 Å². The van der Waals surface area contributed by atoms with Gasteiger partial charge in [0.05, 0.1) is 0 Å². The standard InChI is InChI=1S/C14H24N4/c1-10-12(15-4)17-11(2)18-13(10)16-9-14(3)7-5-6-8-14/h5-9H2,1-4H3,(H2,15,16,17,18). The number of anilines is 2. The Morgan fingerprint density at radius 1 is 1.11 bits per heavy atom. The summed E-state index contributed by atoms with van der Waals surface area (Å²) in [4.78, 5) is 8.90. The molecule has 0 bridgehead atoms. The van der Waals surface area contributed by atoms with Crippen molar-refractivity contribution in [2.75, 3.05) is 24.2 Å². The van der Waals surface area contributed by atoms with Gasteiger partial charge in [-0.1, -0.05) is 19.8 Å². The SMILES string of the molecule is CNc1nc(C)nc(NCC2(C)CCCC2)c1C. The first kappa shape index (κ1) is 13.1. The zero-order valence-corrected chi connectivity index (χ0v) is 11.9. The molecule has 1 fully saturated rings. The molecule has 0 atom stereocenters. The third kappa shape index (κ3) is 2.74. The number of aromatic nitrogens is 2. The third-order valence-corrected chi connectivity index (χ3v) is 3.99. The van der Waals surface area contributed by atoms with Gasteiger partial charge in [-0.3, -0.25) is 0 Å².